The number of hydrazone groups is 1. The van der Waals surface area contributed by atoms with Gasteiger partial charge in [-0.2, -0.15) is 20.5 Å². The lowest BCUT2D eigenvalue weighted by atomic mass is 10.2. The number of anilines is 2. The van der Waals surface area contributed by atoms with Crippen molar-refractivity contribution >= 4 is 28.6 Å². The average Bonchev–Trinajstić information content (AvgIpc) is 3.30. The largest absolute Gasteiger partial charge is 0.259 e. The van der Waals surface area contributed by atoms with Gasteiger partial charge in [-0.3, -0.25) is 5.43 Å². The van der Waals surface area contributed by atoms with E-state index < -0.39 is 0 Å². The van der Waals surface area contributed by atoms with Crippen LogP contribution in [0.25, 0.3) is 0 Å². The van der Waals surface area contributed by atoms with Crippen LogP contribution in [0.5, 0.6) is 0 Å². The Balaban J connectivity index is 1.42. The molecular formula is C25H20N6. The van der Waals surface area contributed by atoms with E-state index in [1.54, 1.807) is 0 Å². The molecule has 1 aliphatic heterocycles. The molecule has 5 rings (SSSR count). The van der Waals surface area contributed by atoms with Gasteiger partial charge in [0.05, 0.1) is 22.7 Å². The molecule has 0 radical (unpaired) electrons. The van der Waals surface area contributed by atoms with E-state index in [9.17, 15) is 0 Å². The standard InChI is InChI=1S/C25H20N6/c1-4-10-20(11-5-1)25-28-30(23-14-8-3-9-15-23)31(29-25)24-18-16-22(17-19-24)27-26-21-12-6-2-7-13-21/h1-19H,(H,28,29). The zero-order chi connectivity index (χ0) is 20.9. The van der Waals surface area contributed by atoms with Gasteiger partial charge >= 0.3 is 0 Å². The number of nitrogens with zero attached hydrogens (tertiary/aromatic N) is 5. The van der Waals surface area contributed by atoms with Crippen molar-refractivity contribution in [3.05, 3.63) is 121 Å². The molecule has 31 heavy (non-hydrogen) atoms. The van der Waals surface area contributed by atoms with E-state index in [4.69, 9.17) is 5.10 Å². The Bertz CT molecular complexity index is 1190. The van der Waals surface area contributed by atoms with Crippen molar-refractivity contribution in [3.8, 4) is 0 Å². The number of nitrogens with one attached hydrogen (secondary N) is 1. The first-order valence-corrected chi connectivity index (χ1v) is 10.00. The molecule has 6 heteroatoms. The van der Waals surface area contributed by atoms with Gasteiger partial charge in [0.25, 0.3) is 0 Å². The summed E-state index contributed by atoms with van der Waals surface area (Å²) in [6.45, 7) is 0. The third-order valence-corrected chi connectivity index (χ3v) is 4.76. The molecule has 0 amide bonds. The number of hydrogen-bond donors (Lipinski definition) is 1. The predicted molar refractivity (Wildman–Crippen MR) is 125 cm³/mol. The van der Waals surface area contributed by atoms with Gasteiger partial charge in [-0.25, -0.2) is 0 Å². The monoisotopic (exact) mass is 404 g/mol. The van der Waals surface area contributed by atoms with Crippen LogP contribution in [0.4, 0.5) is 22.7 Å². The summed E-state index contributed by atoms with van der Waals surface area (Å²) in [7, 11) is 0. The summed E-state index contributed by atoms with van der Waals surface area (Å²) in [6.07, 6.45) is 0. The summed E-state index contributed by atoms with van der Waals surface area (Å²) in [5, 5.41) is 17.2. The summed E-state index contributed by atoms with van der Waals surface area (Å²) in [5.41, 5.74) is 7.90. The smallest absolute Gasteiger partial charge is 0.176 e. The van der Waals surface area contributed by atoms with Crippen LogP contribution in [0.1, 0.15) is 5.56 Å². The van der Waals surface area contributed by atoms with E-state index in [1.807, 2.05) is 125 Å². The van der Waals surface area contributed by atoms with Crippen LogP contribution in [0, 0.1) is 0 Å². The van der Waals surface area contributed by atoms with Crippen molar-refractivity contribution in [3.63, 3.8) is 0 Å². The highest BCUT2D eigenvalue weighted by molar-refractivity contribution is 6.02. The van der Waals surface area contributed by atoms with Gasteiger partial charge in [0.2, 0.25) is 0 Å². The zero-order valence-electron chi connectivity index (χ0n) is 16.7. The van der Waals surface area contributed by atoms with Crippen LogP contribution in [0.15, 0.2) is 131 Å². The molecule has 0 atom stereocenters. The SMILES string of the molecule is c1ccc(N=Nc2ccc(N3NC(c4ccccc4)=NN3c3ccccc3)cc2)cc1. The molecule has 0 aliphatic carbocycles. The van der Waals surface area contributed by atoms with E-state index >= 15 is 0 Å². The Hall–Kier alpha value is -4.45. The molecular weight excluding hydrogens is 384 g/mol. The minimum absolute atomic E-state index is 0.775. The van der Waals surface area contributed by atoms with Gasteiger partial charge in [-0.1, -0.05) is 66.7 Å². The molecule has 0 saturated carbocycles. The highest BCUT2D eigenvalue weighted by Crippen LogP contribution is 2.28. The lowest BCUT2D eigenvalue weighted by Gasteiger charge is -2.27. The molecule has 0 unspecified atom stereocenters. The van der Waals surface area contributed by atoms with Crippen molar-refractivity contribution in [1.29, 1.82) is 0 Å². The molecule has 0 bridgehead atoms. The molecule has 4 aromatic rings. The number of hydrazine groups is 2. The van der Waals surface area contributed by atoms with Crippen molar-refractivity contribution in [2.45, 2.75) is 0 Å². The minimum Gasteiger partial charge on any atom is -0.259 e. The van der Waals surface area contributed by atoms with Crippen LogP contribution < -0.4 is 15.7 Å². The van der Waals surface area contributed by atoms with Gasteiger partial charge in [0, 0.05) is 5.56 Å². The van der Waals surface area contributed by atoms with E-state index in [-0.39, 0.29) is 0 Å². The van der Waals surface area contributed by atoms with E-state index in [2.05, 4.69) is 15.7 Å². The second-order valence-corrected chi connectivity index (χ2v) is 6.92. The molecule has 6 nitrogen and oxygen atoms in total. The molecule has 4 aromatic carbocycles. The van der Waals surface area contributed by atoms with Gasteiger partial charge in [-0.15, -0.1) is 5.10 Å². The van der Waals surface area contributed by atoms with Crippen LogP contribution in [0.3, 0.4) is 0 Å². The maximum Gasteiger partial charge on any atom is 0.176 e. The Morgan fingerprint density at radius 1 is 0.548 bits per heavy atom. The Kier molecular flexibility index (Phi) is 5.10. The summed E-state index contributed by atoms with van der Waals surface area (Å²) in [6, 6.07) is 37.6. The van der Waals surface area contributed by atoms with E-state index in [0.29, 0.717) is 0 Å². The highest BCUT2D eigenvalue weighted by atomic mass is 15.9. The summed E-state index contributed by atoms with van der Waals surface area (Å²) in [5.74, 6) is 0.775. The second-order valence-electron chi connectivity index (χ2n) is 6.92. The topological polar surface area (TPSA) is 55.6 Å². The molecule has 1 heterocycles. The van der Waals surface area contributed by atoms with Gasteiger partial charge in [-0.05, 0) is 48.5 Å². The van der Waals surface area contributed by atoms with Crippen molar-refractivity contribution < 1.29 is 0 Å². The molecule has 150 valence electrons. The summed E-state index contributed by atoms with van der Waals surface area (Å²) < 4.78 is 0. The third-order valence-electron chi connectivity index (χ3n) is 4.76. The Morgan fingerprint density at radius 3 is 1.74 bits per heavy atom. The predicted octanol–water partition coefficient (Wildman–Crippen LogP) is 6.21. The maximum atomic E-state index is 4.81. The number of rotatable bonds is 5. The summed E-state index contributed by atoms with van der Waals surface area (Å²) in [4.78, 5) is 0. The lowest BCUT2D eigenvalue weighted by molar-refractivity contribution is 0.771. The highest BCUT2D eigenvalue weighted by Gasteiger charge is 2.26. The number of hydrogen-bond acceptors (Lipinski definition) is 6. The molecule has 0 saturated heterocycles. The zero-order valence-corrected chi connectivity index (χ0v) is 16.7. The van der Waals surface area contributed by atoms with Crippen LogP contribution in [-0.4, -0.2) is 5.84 Å². The second kappa shape index (κ2) is 8.51. The van der Waals surface area contributed by atoms with Gasteiger partial charge in [0.1, 0.15) is 0 Å². The number of benzene rings is 4. The summed E-state index contributed by atoms with van der Waals surface area (Å²) >= 11 is 0. The average molecular weight is 404 g/mol. The fourth-order valence-electron chi connectivity index (χ4n) is 3.21. The molecule has 1 N–H and O–H groups in total. The van der Waals surface area contributed by atoms with Crippen LogP contribution in [0.2, 0.25) is 0 Å². The van der Waals surface area contributed by atoms with Crippen molar-refractivity contribution in [1.82, 2.24) is 5.43 Å². The molecule has 1 aliphatic rings. The quantitative estimate of drug-likeness (QED) is 0.402. The van der Waals surface area contributed by atoms with Crippen molar-refractivity contribution in [2.24, 2.45) is 15.3 Å². The molecule has 0 aromatic heterocycles. The number of para-hydroxylation sites is 1. The van der Waals surface area contributed by atoms with E-state index in [0.717, 1.165) is 34.1 Å². The number of azo groups is 1. The molecule has 0 spiro atoms. The fraction of sp³-hybridized carbons (Fsp3) is 0. The normalized spacial score (nSPS) is 13.4. The third kappa shape index (κ3) is 4.13. The Morgan fingerprint density at radius 2 is 1.10 bits per heavy atom. The van der Waals surface area contributed by atoms with Gasteiger partial charge in [0.15, 0.2) is 5.84 Å². The maximum absolute atomic E-state index is 4.81. The number of amidine groups is 1. The minimum atomic E-state index is 0.775. The lowest BCUT2D eigenvalue weighted by Crippen LogP contribution is -2.44. The molecule has 0 fully saturated rings. The Labute approximate surface area is 180 Å². The van der Waals surface area contributed by atoms with E-state index in [1.165, 1.54) is 0 Å². The first kappa shape index (κ1) is 18.6. The van der Waals surface area contributed by atoms with Gasteiger partial charge < -0.3 is 0 Å². The first-order chi connectivity index (χ1) is 15.4. The van der Waals surface area contributed by atoms with Crippen LogP contribution in [-0.2, 0) is 0 Å². The van der Waals surface area contributed by atoms with Crippen LogP contribution >= 0.6 is 0 Å². The van der Waals surface area contributed by atoms with Crippen molar-refractivity contribution in [2.75, 3.05) is 10.2 Å². The first-order valence-electron chi connectivity index (χ1n) is 10.00. The fourth-order valence-corrected chi connectivity index (χ4v) is 3.21.